The van der Waals surface area contributed by atoms with Crippen LogP contribution in [-0.2, 0) is 6.54 Å². The Kier molecular flexibility index (Phi) is 6.24. The number of fused-ring (bicyclic) bond motifs is 2. The minimum atomic E-state index is 0.210. The molecular weight excluding hydrogens is 504 g/mol. The number of carbonyl (C=O) groups is 2. The number of amides is 2. The van der Waals surface area contributed by atoms with Gasteiger partial charge in [0.05, 0.1) is 18.5 Å². The maximum absolute atomic E-state index is 12.9. The third-order valence-electron chi connectivity index (χ3n) is 8.99. The zero-order valence-corrected chi connectivity index (χ0v) is 23.3. The summed E-state index contributed by atoms with van der Waals surface area (Å²) in [5, 5.41) is 1.11. The van der Waals surface area contributed by atoms with Gasteiger partial charge in [0.15, 0.2) is 5.88 Å². The van der Waals surface area contributed by atoms with Crippen LogP contribution in [0, 0.1) is 12.8 Å². The van der Waals surface area contributed by atoms with Crippen LogP contribution in [0.4, 0.5) is 4.79 Å². The first-order valence-electron chi connectivity index (χ1n) is 14.6. The molecule has 0 spiro atoms. The molecule has 2 saturated heterocycles. The van der Waals surface area contributed by atoms with Crippen LogP contribution in [0.15, 0.2) is 30.3 Å². The molecule has 9 heteroatoms. The van der Waals surface area contributed by atoms with Gasteiger partial charge in [-0.15, -0.1) is 0 Å². The van der Waals surface area contributed by atoms with Gasteiger partial charge in [-0.1, -0.05) is 0 Å². The zero-order chi connectivity index (χ0) is 27.4. The van der Waals surface area contributed by atoms with E-state index in [0.29, 0.717) is 28.9 Å². The predicted molar refractivity (Wildman–Crippen MR) is 153 cm³/mol. The first-order chi connectivity index (χ1) is 19.5. The minimum absolute atomic E-state index is 0.210. The highest BCUT2D eigenvalue weighted by atomic mass is 16.5. The Hall–Kier alpha value is -3.88. The van der Waals surface area contributed by atoms with Crippen molar-refractivity contribution in [1.29, 1.82) is 0 Å². The van der Waals surface area contributed by atoms with E-state index in [9.17, 15) is 9.59 Å². The second kappa shape index (κ2) is 9.94. The Morgan fingerprint density at radius 1 is 1.00 bits per heavy atom. The Morgan fingerprint density at radius 3 is 2.45 bits per heavy atom. The van der Waals surface area contributed by atoms with Crippen LogP contribution < -0.4 is 4.74 Å². The van der Waals surface area contributed by atoms with Gasteiger partial charge in [0.1, 0.15) is 23.3 Å². The molecule has 4 aromatic rings. The fourth-order valence-electron chi connectivity index (χ4n) is 6.54. The summed E-state index contributed by atoms with van der Waals surface area (Å²) in [5.41, 5.74) is 6.27. The molecule has 40 heavy (non-hydrogen) atoms. The van der Waals surface area contributed by atoms with Crippen LogP contribution in [0.2, 0.25) is 0 Å². The van der Waals surface area contributed by atoms with Gasteiger partial charge in [-0.05, 0) is 75.6 Å². The summed E-state index contributed by atoms with van der Waals surface area (Å²) in [6.45, 7) is 6.34. The molecule has 7 rings (SSSR count). The van der Waals surface area contributed by atoms with Gasteiger partial charge < -0.3 is 19.1 Å². The molecule has 0 unspecified atom stereocenters. The Labute approximate surface area is 233 Å². The van der Waals surface area contributed by atoms with Gasteiger partial charge in [-0.25, -0.2) is 14.8 Å². The van der Waals surface area contributed by atoms with E-state index in [2.05, 4.69) is 22.8 Å². The molecular formula is C31H36N6O3. The number of likely N-dealkylation sites (tertiary alicyclic amines) is 2. The van der Waals surface area contributed by atoms with E-state index in [0.717, 1.165) is 98.5 Å². The lowest BCUT2D eigenvalue weighted by molar-refractivity contribution is 0.112. The molecule has 3 fully saturated rings. The summed E-state index contributed by atoms with van der Waals surface area (Å²) < 4.78 is 9.94. The van der Waals surface area contributed by atoms with Crippen LogP contribution in [0.3, 0.4) is 0 Å². The number of piperidine rings is 1. The molecule has 3 aliphatic rings. The molecule has 4 aromatic heterocycles. The van der Waals surface area contributed by atoms with Crippen LogP contribution in [-0.4, -0.2) is 74.3 Å². The number of hydrogen-bond donors (Lipinski definition) is 0. The molecule has 208 valence electrons. The van der Waals surface area contributed by atoms with Crippen LogP contribution in [0.1, 0.15) is 66.2 Å². The van der Waals surface area contributed by atoms with Gasteiger partial charge in [0, 0.05) is 61.4 Å². The second-order valence-corrected chi connectivity index (χ2v) is 11.7. The van der Waals surface area contributed by atoms with Crippen molar-refractivity contribution in [3.05, 3.63) is 47.3 Å². The van der Waals surface area contributed by atoms with Crippen molar-refractivity contribution in [3.63, 3.8) is 0 Å². The molecule has 2 aliphatic heterocycles. The van der Waals surface area contributed by atoms with Crippen molar-refractivity contribution in [3.8, 4) is 17.3 Å². The first kappa shape index (κ1) is 25.1. The van der Waals surface area contributed by atoms with Crippen molar-refractivity contribution in [2.45, 2.75) is 57.9 Å². The maximum atomic E-state index is 12.9. The fraction of sp³-hybridized carbons (Fsp3) is 0.484. The lowest BCUT2D eigenvalue weighted by Crippen LogP contribution is -2.45. The number of carbonyl (C=O) groups excluding carboxylic acids is 2. The van der Waals surface area contributed by atoms with Crippen LogP contribution >= 0.6 is 0 Å². The normalized spacial score (nSPS) is 18.2. The molecule has 0 aromatic carbocycles. The monoisotopic (exact) mass is 540 g/mol. The number of ether oxygens (including phenoxy) is 1. The predicted octanol–water partition coefficient (Wildman–Crippen LogP) is 5.29. The summed E-state index contributed by atoms with van der Waals surface area (Å²) in [6.07, 6.45) is 7.44. The number of urea groups is 1. The van der Waals surface area contributed by atoms with E-state index in [1.54, 1.807) is 19.2 Å². The molecule has 6 heterocycles. The number of aromatic nitrogens is 4. The van der Waals surface area contributed by atoms with E-state index < -0.39 is 0 Å². The molecule has 0 radical (unpaired) electrons. The number of aryl methyl sites for hydroxylation is 1. The van der Waals surface area contributed by atoms with E-state index in [1.807, 2.05) is 21.1 Å². The van der Waals surface area contributed by atoms with Crippen LogP contribution in [0.5, 0.6) is 5.88 Å². The number of imidazole rings is 1. The Morgan fingerprint density at radius 2 is 1.75 bits per heavy atom. The molecule has 1 aliphatic carbocycles. The number of methoxy groups -OCH3 is 1. The van der Waals surface area contributed by atoms with E-state index in [4.69, 9.17) is 14.7 Å². The highest BCUT2D eigenvalue weighted by molar-refractivity contribution is 5.85. The van der Waals surface area contributed by atoms with Crippen LogP contribution in [0.25, 0.3) is 28.1 Å². The average Bonchev–Trinajstić information content (AvgIpc) is 3.36. The van der Waals surface area contributed by atoms with Gasteiger partial charge in [0.2, 0.25) is 0 Å². The summed E-state index contributed by atoms with van der Waals surface area (Å²) >= 11 is 0. The number of rotatable bonds is 6. The Bertz CT molecular complexity index is 1600. The zero-order valence-electron chi connectivity index (χ0n) is 23.3. The maximum Gasteiger partial charge on any atom is 0.319 e. The number of nitrogens with zero attached hydrogens (tertiary/aromatic N) is 6. The van der Waals surface area contributed by atoms with E-state index in [-0.39, 0.29) is 6.03 Å². The second-order valence-electron chi connectivity index (χ2n) is 11.7. The van der Waals surface area contributed by atoms with Crippen molar-refractivity contribution in [2.75, 3.05) is 33.3 Å². The molecule has 1 saturated carbocycles. The SMILES string of the molecule is COc1cc(C=O)cc2nc(-c3cc4ccc(C5CCN(C(=O)N6CCCC6)CC5)nc4n3CC3CC3)c(C)n12. The quantitative estimate of drug-likeness (QED) is 0.311. The standard InChI is InChI=1S/C31H36N6O3/c1-20-29(33-27-15-22(19-38)16-28(40-2)37(20)27)26-17-24-7-8-25(32-30(24)36(26)18-21-5-6-21)23-9-13-35(14-10-23)31(39)34-11-3-4-12-34/h7-8,15-17,19,21,23H,3-6,9-14,18H2,1-2H3. The highest BCUT2D eigenvalue weighted by Crippen LogP contribution is 2.38. The summed E-state index contributed by atoms with van der Waals surface area (Å²) in [7, 11) is 1.62. The van der Waals surface area contributed by atoms with Crippen molar-refractivity contribution >= 4 is 29.0 Å². The highest BCUT2D eigenvalue weighted by Gasteiger charge is 2.30. The van der Waals surface area contributed by atoms with Gasteiger partial charge in [0.25, 0.3) is 0 Å². The largest absolute Gasteiger partial charge is 0.482 e. The summed E-state index contributed by atoms with van der Waals surface area (Å²) in [6, 6.07) is 10.3. The summed E-state index contributed by atoms with van der Waals surface area (Å²) in [5.74, 6) is 1.60. The van der Waals surface area contributed by atoms with Crippen molar-refractivity contribution in [1.82, 2.24) is 28.7 Å². The number of hydrogen-bond acceptors (Lipinski definition) is 5. The lowest BCUT2D eigenvalue weighted by atomic mass is 9.93. The van der Waals surface area contributed by atoms with E-state index in [1.165, 1.54) is 12.8 Å². The van der Waals surface area contributed by atoms with Gasteiger partial charge >= 0.3 is 6.03 Å². The molecule has 0 N–H and O–H groups in total. The van der Waals surface area contributed by atoms with E-state index >= 15 is 0 Å². The smallest absolute Gasteiger partial charge is 0.319 e. The first-order valence-corrected chi connectivity index (χ1v) is 14.6. The Balaban J connectivity index is 1.23. The number of pyridine rings is 2. The minimum Gasteiger partial charge on any atom is -0.482 e. The van der Waals surface area contributed by atoms with Crippen molar-refractivity contribution in [2.24, 2.45) is 5.92 Å². The lowest BCUT2D eigenvalue weighted by Gasteiger charge is -2.34. The molecule has 0 bridgehead atoms. The average molecular weight is 541 g/mol. The third-order valence-corrected chi connectivity index (χ3v) is 8.99. The van der Waals surface area contributed by atoms with Gasteiger partial charge in [-0.3, -0.25) is 9.20 Å². The number of aldehydes is 1. The molecule has 0 atom stereocenters. The topological polar surface area (TPSA) is 85.0 Å². The van der Waals surface area contributed by atoms with Gasteiger partial charge in [-0.2, -0.15) is 0 Å². The third kappa shape index (κ3) is 4.32. The molecule has 9 nitrogen and oxygen atoms in total. The summed E-state index contributed by atoms with van der Waals surface area (Å²) in [4.78, 5) is 38.7. The fourth-order valence-corrected chi connectivity index (χ4v) is 6.54. The molecule has 2 amide bonds. The van der Waals surface area contributed by atoms with Crippen molar-refractivity contribution < 1.29 is 14.3 Å².